The van der Waals surface area contributed by atoms with Crippen LogP contribution in [-0.4, -0.2) is 16.3 Å². The van der Waals surface area contributed by atoms with Crippen molar-refractivity contribution in [3.8, 4) is 5.75 Å². The quantitative estimate of drug-likeness (QED) is 0.510. The second-order valence-electron chi connectivity index (χ2n) is 4.24. The van der Waals surface area contributed by atoms with Crippen molar-refractivity contribution in [2.24, 2.45) is 5.10 Å². The lowest BCUT2D eigenvalue weighted by molar-refractivity contribution is 0.476. The molecule has 0 fully saturated rings. The van der Waals surface area contributed by atoms with Gasteiger partial charge in [0.05, 0.1) is 6.21 Å². The smallest absolute Gasteiger partial charge is 0.205 e. The Balaban J connectivity index is 1.78. The Morgan fingerprint density at radius 3 is 2.80 bits per heavy atom. The predicted molar refractivity (Wildman–Crippen MR) is 83.4 cm³/mol. The summed E-state index contributed by atoms with van der Waals surface area (Å²) in [5, 5.41) is 18.0. The van der Waals surface area contributed by atoms with Gasteiger partial charge in [-0.05, 0) is 34.5 Å². The number of thiazole rings is 1. The summed E-state index contributed by atoms with van der Waals surface area (Å²) in [6.07, 6.45) is 1.71. The lowest BCUT2D eigenvalue weighted by Gasteiger charge is -2.00. The van der Waals surface area contributed by atoms with Crippen molar-refractivity contribution < 1.29 is 5.11 Å². The molecule has 4 N–H and O–H groups in total. The van der Waals surface area contributed by atoms with Crippen LogP contribution in [-0.2, 0) is 0 Å². The van der Waals surface area contributed by atoms with Crippen LogP contribution in [0.4, 0.5) is 10.9 Å². The van der Waals surface area contributed by atoms with Gasteiger partial charge in [-0.1, -0.05) is 18.2 Å². The first-order chi connectivity index (χ1) is 9.70. The maximum absolute atomic E-state index is 9.42. The van der Waals surface area contributed by atoms with Crippen LogP contribution in [0.5, 0.6) is 5.75 Å². The SMILES string of the molecule is Nc1csc(NN=Cc2ccc3cc(O)ccc3c2)n1. The minimum absolute atomic E-state index is 0.266. The molecule has 6 heteroatoms. The molecule has 0 aliphatic rings. The zero-order valence-electron chi connectivity index (χ0n) is 10.4. The molecule has 0 bridgehead atoms. The first kappa shape index (κ1) is 12.4. The summed E-state index contributed by atoms with van der Waals surface area (Å²) in [5.41, 5.74) is 9.31. The molecule has 0 atom stereocenters. The molecule has 0 aliphatic heterocycles. The third kappa shape index (κ3) is 2.70. The fourth-order valence-corrected chi connectivity index (χ4v) is 2.38. The molecule has 0 spiro atoms. The zero-order chi connectivity index (χ0) is 13.9. The molecule has 3 aromatic rings. The molecule has 0 aliphatic carbocycles. The number of nitrogens with zero attached hydrogens (tertiary/aromatic N) is 2. The number of hydrogen-bond acceptors (Lipinski definition) is 6. The number of anilines is 2. The maximum Gasteiger partial charge on any atom is 0.205 e. The number of hydrogen-bond donors (Lipinski definition) is 3. The highest BCUT2D eigenvalue weighted by molar-refractivity contribution is 7.14. The number of phenolic OH excluding ortho intramolecular Hbond substituents is 1. The highest BCUT2D eigenvalue weighted by Crippen LogP contribution is 2.20. The van der Waals surface area contributed by atoms with Crippen molar-refractivity contribution in [1.82, 2.24) is 4.98 Å². The number of aromatic hydroxyl groups is 1. The second kappa shape index (κ2) is 5.18. The number of rotatable bonds is 3. The van der Waals surface area contributed by atoms with Crippen molar-refractivity contribution >= 4 is 39.3 Å². The van der Waals surface area contributed by atoms with Gasteiger partial charge in [0.25, 0.3) is 0 Å². The van der Waals surface area contributed by atoms with Crippen LogP contribution in [0.1, 0.15) is 5.56 Å². The van der Waals surface area contributed by atoms with Gasteiger partial charge in [0.1, 0.15) is 11.6 Å². The molecule has 0 amide bonds. The zero-order valence-corrected chi connectivity index (χ0v) is 11.3. The number of aromatic nitrogens is 1. The van der Waals surface area contributed by atoms with E-state index in [1.807, 2.05) is 24.3 Å². The molecule has 1 aromatic heterocycles. The molecule has 0 radical (unpaired) electrons. The minimum atomic E-state index is 0.266. The Morgan fingerprint density at radius 1 is 1.20 bits per heavy atom. The van der Waals surface area contributed by atoms with E-state index in [1.165, 1.54) is 11.3 Å². The minimum Gasteiger partial charge on any atom is -0.508 e. The van der Waals surface area contributed by atoms with Crippen LogP contribution in [0.25, 0.3) is 10.8 Å². The van der Waals surface area contributed by atoms with Crippen molar-refractivity contribution in [2.45, 2.75) is 0 Å². The van der Waals surface area contributed by atoms with Crippen molar-refractivity contribution in [3.05, 3.63) is 47.3 Å². The largest absolute Gasteiger partial charge is 0.508 e. The topological polar surface area (TPSA) is 83.5 Å². The van der Waals surface area contributed by atoms with Crippen LogP contribution in [0.2, 0.25) is 0 Å². The Labute approximate surface area is 119 Å². The molecule has 0 saturated heterocycles. The Kier molecular flexibility index (Phi) is 3.22. The van der Waals surface area contributed by atoms with Gasteiger partial charge in [-0.3, -0.25) is 5.43 Å². The van der Waals surface area contributed by atoms with Crippen LogP contribution in [0.15, 0.2) is 46.9 Å². The lowest BCUT2D eigenvalue weighted by atomic mass is 10.1. The van der Waals surface area contributed by atoms with Crippen LogP contribution in [0, 0.1) is 0 Å². The summed E-state index contributed by atoms with van der Waals surface area (Å²) < 4.78 is 0. The predicted octanol–water partition coefficient (Wildman–Crippen LogP) is 3.03. The summed E-state index contributed by atoms with van der Waals surface area (Å²) >= 11 is 1.40. The monoisotopic (exact) mass is 284 g/mol. The van der Waals surface area contributed by atoms with Gasteiger partial charge in [0.15, 0.2) is 0 Å². The molecule has 3 rings (SSSR count). The number of benzene rings is 2. The third-order valence-electron chi connectivity index (χ3n) is 2.74. The number of fused-ring (bicyclic) bond motifs is 1. The molecule has 100 valence electrons. The summed E-state index contributed by atoms with van der Waals surface area (Å²) in [5.74, 6) is 0.750. The summed E-state index contributed by atoms with van der Waals surface area (Å²) in [7, 11) is 0. The highest BCUT2D eigenvalue weighted by atomic mass is 32.1. The van der Waals surface area contributed by atoms with E-state index in [-0.39, 0.29) is 5.75 Å². The Bertz CT molecular complexity index is 782. The Morgan fingerprint density at radius 2 is 2.00 bits per heavy atom. The van der Waals surface area contributed by atoms with Gasteiger partial charge in [-0.25, -0.2) is 4.98 Å². The number of nitrogen functional groups attached to an aromatic ring is 1. The standard InChI is InChI=1S/C14H12N4OS/c15-13-8-20-14(17-13)18-16-7-9-1-2-11-6-12(19)4-3-10(11)5-9/h1-8,19H,15H2,(H,17,18). The summed E-state index contributed by atoms with van der Waals surface area (Å²) in [6.45, 7) is 0. The van der Waals surface area contributed by atoms with E-state index < -0.39 is 0 Å². The van der Waals surface area contributed by atoms with E-state index in [0.717, 1.165) is 16.3 Å². The maximum atomic E-state index is 9.42. The first-order valence-electron chi connectivity index (χ1n) is 5.93. The molecule has 0 saturated carbocycles. The summed E-state index contributed by atoms with van der Waals surface area (Å²) in [6, 6.07) is 11.1. The molecule has 2 aromatic carbocycles. The fraction of sp³-hybridized carbons (Fsp3) is 0. The van der Waals surface area contributed by atoms with E-state index in [1.54, 1.807) is 23.7 Å². The average Bonchev–Trinajstić information content (AvgIpc) is 2.85. The highest BCUT2D eigenvalue weighted by Gasteiger charge is 1.97. The average molecular weight is 284 g/mol. The van der Waals surface area contributed by atoms with Crippen LogP contribution < -0.4 is 11.2 Å². The fourth-order valence-electron chi connectivity index (χ4n) is 1.83. The van der Waals surface area contributed by atoms with E-state index in [2.05, 4.69) is 15.5 Å². The van der Waals surface area contributed by atoms with Gasteiger partial charge in [-0.15, -0.1) is 11.3 Å². The van der Waals surface area contributed by atoms with Gasteiger partial charge < -0.3 is 10.8 Å². The van der Waals surface area contributed by atoms with E-state index in [4.69, 9.17) is 5.73 Å². The normalized spacial score (nSPS) is 11.2. The van der Waals surface area contributed by atoms with E-state index in [0.29, 0.717) is 10.9 Å². The number of nitrogens with one attached hydrogen (secondary N) is 1. The second-order valence-corrected chi connectivity index (χ2v) is 5.10. The molecule has 20 heavy (non-hydrogen) atoms. The number of phenols is 1. The van der Waals surface area contributed by atoms with Crippen molar-refractivity contribution in [3.63, 3.8) is 0 Å². The van der Waals surface area contributed by atoms with Gasteiger partial charge in [0, 0.05) is 5.38 Å². The van der Waals surface area contributed by atoms with Crippen LogP contribution >= 0.6 is 11.3 Å². The molecule has 5 nitrogen and oxygen atoms in total. The van der Waals surface area contributed by atoms with E-state index >= 15 is 0 Å². The summed E-state index contributed by atoms with van der Waals surface area (Å²) in [4.78, 5) is 4.05. The third-order valence-corrected chi connectivity index (χ3v) is 3.51. The van der Waals surface area contributed by atoms with Crippen molar-refractivity contribution in [2.75, 3.05) is 11.2 Å². The van der Waals surface area contributed by atoms with Gasteiger partial charge >= 0.3 is 0 Å². The molecular weight excluding hydrogens is 272 g/mol. The van der Waals surface area contributed by atoms with Crippen molar-refractivity contribution in [1.29, 1.82) is 0 Å². The molecule has 0 unspecified atom stereocenters. The lowest BCUT2D eigenvalue weighted by Crippen LogP contribution is -1.91. The Hall–Kier alpha value is -2.60. The van der Waals surface area contributed by atoms with Gasteiger partial charge in [-0.2, -0.15) is 5.10 Å². The number of nitrogens with two attached hydrogens (primary N) is 1. The first-order valence-corrected chi connectivity index (χ1v) is 6.81. The van der Waals surface area contributed by atoms with Gasteiger partial charge in [0.2, 0.25) is 5.13 Å². The molecule has 1 heterocycles. The van der Waals surface area contributed by atoms with E-state index in [9.17, 15) is 5.11 Å². The molecular formula is C14H12N4OS. The number of hydrazone groups is 1. The van der Waals surface area contributed by atoms with Crippen LogP contribution in [0.3, 0.4) is 0 Å².